The molecule has 2 rings (SSSR count). The number of hydrogen-bond donors (Lipinski definition) is 1. The lowest BCUT2D eigenvalue weighted by Crippen LogP contribution is -2.34. The monoisotopic (exact) mass is 311 g/mol. The molecule has 6 heteroatoms. The molecule has 1 aromatic carbocycles. The van der Waals surface area contributed by atoms with Crippen LogP contribution in [0, 0.1) is 0 Å². The predicted molar refractivity (Wildman–Crippen MR) is 81.2 cm³/mol. The summed E-state index contributed by atoms with van der Waals surface area (Å²) in [6, 6.07) is 6.03. The Morgan fingerprint density at radius 2 is 1.71 bits per heavy atom. The minimum absolute atomic E-state index is 0.0270. The molecule has 0 aliphatic carbocycles. The summed E-state index contributed by atoms with van der Waals surface area (Å²) in [5.74, 6) is -0.872. The molecule has 1 saturated heterocycles. The third kappa shape index (κ3) is 5.13. The van der Waals surface area contributed by atoms with Crippen LogP contribution >= 0.6 is 0 Å². The predicted octanol–water partition coefficient (Wildman–Crippen LogP) is 1.79. The minimum Gasteiger partial charge on any atom is -0.478 e. The topological polar surface area (TPSA) is 74.7 Å². The van der Waals surface area contributed by atoms with Gasteiger partial charge in [-0.05, 0) is 43.6 Å². The van der Waals surface area contributed by atoms with Crippen molar-refractivity contribution in [3.63, 3.8) is 0 Å². The number of likely N-dealkylation sites (tertiary alicyclic amines) is 1. The van der Waals surface area contributed by atoms with Gasteiger partial charge in [-0.15, -0.1) is 0 Å². The van der Waals surface area contributed by atoms with Crippen molar-refractivity contribution < 1.29 is 18.3 Å². The first-order valence-corrected chi connectivity index (χ1v) is 9.03. The molecule has 0 bridgehead atoms. The lowest BCUT2D eigenvalue weighted by Gasteiger charge is -2.26. The minimum atomic E-state index is -3.16. The lowest BCUT2D eigenvalue weighted by molar-refractivity contribution is 0.0697. The van der Waals surface area contributed by atoms with E-state index in [4.69, 9.17) is 5.11 Å². The maximum absolute atomic E-state index is 12.1. The molecule has 1 aliphatic heterocycles. The normalized spacial score (nSPS) is 16.8. The number of benzene rings is 1. The van der Waals surface area contributed by atoms with Gasteiger partial charge in [0.1, 0.15) is 0 Å². The number of carbonyl (C=O) groups is 1. The van der Waals surface area contributed by atoms with Crippen LogP contribution in [0.25, 0.3) is 0 Å². The van der Waals surface area contributed by atoms with E-state index in [9.17, 15) is 13.2 Å². The van der Waals surface area contributed by atoms with Crippen LogP contribution in [0.1, 0.15) is 35.2 Å². The molecule has 1 aliphatic rings. The molecule has 0 spiro atoms. The van der Waals surface area contributed by atoms with Crippen molar-refractivity contribution in [1.82, 2.24) is 4.90 Å². The zero-order valence-corrected chi connectivity index (χ0v) is 12.8. The second-order valence-corrected chi connectivity index (χ2v) is 7.68. The molecular weight excluding hydrogens is 290 g/mol. The first-order valence-electron chi connectivity index (χ1n) is 7.21. The summed E-state index contributed by atoms with van der Waals surface area (Å²) in [5, 5.41) is 8.81. The highest BCUT2D eigenvalue weighted by atomic mass is 32.2. The molecular formula is C15H21NO4S. The standard InChI is InChI=1S/C15H21NO4S/c17-15(18)14-6-4-13(5-7-14)12-21(19,20)11-10-16-8-2-1-3-9-16/h4-7H,1-3,8-12H2,(H,17,18). The Morgan fingerprint density at radius 1 is 1.10 bits per heavy atom. The molecule has 116 valence electrons. The van der Waals surface area contributed by atoms with Gasteiger partial charge in [-0.3, -0.25) is 0 Å². The zero-order valence-electron chi connectivity index (χ0n) is 12.0. The maximum atomic E-state index is 12.1. The Hall–Kier alpha value is -1.40. The number of carboxylic acids is 1. The van der Waals surface area contributed by atoms with E-state index in [1.807, 2.05) is 0 Å². The van der Waals surface area contributed by atoms with Crippen molar-refractivity contribution in [2.24, 2.45) is 0 Å². The highest BCUT2D eigenvalue weighted by Crippen LogP contribution is 2.12. The third-order valence-electron chi connectivity index (χ3n) is 3.75. The van der Waals surface area contributed by atoms with E-state index >= 15 is 0 Å². The fraction of sp³-hybridized carbons (Fsp3) is 0.533. The average molecular weight is 311 g/mol. The fourth-order valence-electron chi connectivity index (χ4n) is 2.52. The molecule has 1 N–H and O–H groups in total. The van der Waals surface area contributed by atoms with E-state index in [1.54, 1.807) is 12.1 Å². The number of aromatic carboxylic acids is 1. The number of piperidine rings is 1. The van der Waals surface area contributed by atoms with Gasteiger partial charge in [-0.25, -0.2) is 13.2 Å². The van der Waals surface area contributed by atoms with Crippen molar-refractivity contribution >= 4 is 15.8 Å². The van der Waals surface area contributed by atoms with Gasteiger partial charge in [0, 0.05) is 6.54 Å². The summed E-state index contributed by atoms with van der Waals surface area (Å²) in [6.45, 7) is 2.57. The van der Waals surface area contributed by atoms with Crippen molar-refractivity contribution in [2.45, 2.75) is 25.0 Å². The smallest absolute Gasteiger partial charge is 0.335 e. The van der Waals surface area contributed by atoms with Crippen LogP contribution in [0.15, 0.2) is 24.3 Å². The molecule has 0 amide bonds. The van der Waals surface area contributed by atoms with Gasteiger partial charge in [-0.1, -0.05) is 18.6 Å². The van der Waals surface area contributed by atoms with Crippen LogP contribution < -0.4 is 0 Å². The number of sulfone groups is 1. The molecule has 1 fully saturated rings. The number of carboxylic acid groups (broad SMARTS) is 1. The van der Waals surface area contributed by atoms with Gasteiger partial charge in [0.25, 0.3) is 0 Å². The second-order valence-electron chi connectivity index (χ2n) is 5.50. The van der Waals surface area contributed by atoms with Crippen molar-refractivity contribution in [2.75, 3.05) is 25.4 Å². The first kappa shape index (κ1) is 16.0. The number of nitrogens with zero attached hydrogens (tertiary/aromatic N) is 1. The van der Waals surface area contributed by atoms with E-state index in [0.717, 1.165) is 25.9 Å². The van der Waals surface area contributed by atoms with Gasteiger partial charge < -0.3 is 10.0 Å². The third-order valence-corrected chi connectivity index (χ3v) is 5.33. The Kier molecular flexibility index (Phi) is 5.36. The van der Waals surface area contributed by atoms with Crippen molar-refractivity contribution in [1.29, 1.82) is 0 Å². The molecule has 0 radical (unpaired) electrons. The largest absolute Gasteiger partial charge is 0.478 e. The van der Waals surface area contributed by atoms with Gasteiger partial charge in [0.15, 0.2) is 9.84 Å². The van der Waals surface area contributed by atoms with Gasteiger partial charge in [-0.2, -0.15) is 0 Å². The van der Waals surface area contributed by atoms with E-state index in [-0.39, 0.29) is 17.1 Å². The summed E-state index contributed by atoms with van der Waals surface area (Å²) in [4.78, 5) is 13.0. The lowest BCUT2D eigenvalue weighted by atomic mass is 10.1. The SMILES string of the molecule is O=C(O)c1ccc(CS(=O)(=O)CCN2CCCCC2)cc1. The molecule has 1 heterocycles. The maximum Gasteiger partial charge on any atom is 0.335 e. The Balaban J connectivity index is 1.89. The van der Waals surface area contributed by atoms with E-state index in [0.29, 0.717) is 12.1 Å². The van der Waals surface area contributed by atoms with Crippen LogP contribution in [0.2, 0.25) is 0 Å². The van der Waals surface area contributed by atoms with Crippen LogP contribution in [0.4, 0.5) is 0 Å². The van der Waals surface area contributed by atoms with E-state index in [2.05, 4.69) is 4.90 Å². The zero-order chi connectivity index (χ0) is 15.3. The quantitative estimate of drug-likeness (QED) is 0.867. The van der Waals surface area contributed by atoms with Crippen LogP contribution in [-0.4, -0.2) is 49.8 Å². The van der Waals surface area contributed by atoms with E-state index in [1.165, 1.54) is 18.6 Å². The van der Waals surface area contributed by atoms with Crippen molar-refractivity contribution in [3.8, 4) is 0 Å². The molecule has 0 unspecified atom stereocenters. The first-order chi connectivity index (χ1) is 9.96. The highest BCUT2D eigenvalue weighted by molar-refractivity contribution is 7.90. The van der Waals surface area contributed by atoms with Gasteiger partial charge in [0.05, 0.1) is 17.1 Å². The Labute approximate surface area is 125 Å². The second kappa shape index (κ2) is 7.04. The number of hydrogen-bond acceptors (Lipinski definition) is 4. The molecule has 0 saturated carbocycles. The summed E-state index contributed by atoms with van der Waals surface area (Å²) < 4.78 is 24.2. The molecule has 1 aromatic rings. The van der Waals surface area contributed by atoms with Crippen LogP contribution in [0.3, 0.4) is 0 Å². The van der Waals surface area contributed by atoms with Crippen molar-refractivity contribution in [3.05, 3.63) is 35.4 Å². The highest BCUT2D eigenvalue weighted by Gasteiger charge is 2.16. The van der Waals surface area contributed by atoms with Gasteiger partial charge >= 0.3 is 5.97 Å². The molecule has 5 nitrogen and oxygen atoms in total. The Morgan fingerprint density at radius 3 is 2.29 bits per heavy atom. The van der Waals surface area contributed by atoms with E-state index < -0.39 is 15.8 Å². The van der Waals surface area contributed by atoms with Crippen LogP contribution in [0.5, 0.6) is 0 Å². The molecule has 21 heavy (non-hydrogen) atoms. The summed E-state index contributed by atoms with van der Waals surface area (Å²) in [7, 11) is -3.16. The molecule has 0 aromatic heterocycles. The van der Waals surface area contributed by atoms with Crippen LogP contribution in [-0.2, 0) is 15.6 Å². The summed E-state index contributed by atoms with van der Waals surface area (Å²) in [5.41, 5.74) is 0.808. The van der Waals surface area contributed by atoms with Gasteiger partial charge in [0.2, 0.25) is 0 Å². The fourth-order valence-corrected chi connectivity index (χ4v) is 3.90. The summed E-state index contributed by atoms with van der Waals surface area (Å²) >= 11 is 0. The number of rotatable bonds is 6. The molecule has 0 atom stereocenters. The average Bonchev–Trinajstić information content (AvgIpc) is 2.46. The Bertz CT molecular complexity index is 574. The summed E-state index contributed by atoms with van der Waals surface area (Å²) in [6.07, 6.45) is 3.53.